The molecule has 0 aromatic carbocycles. The summed E-state index contributed by atoms with van der Waals surface area (Å²) in [7, 11) is 1.74. The van der Waals surface area contributed by atoms with Gasteiger partial charge in [0.1, 0.15) is 0 Å². The standard InChI is InChI=1S/C13H17F2N3O2/c1-17-10-3-5-18(4-2-8-6-13(8,14)15)7-9(10)11(16-17)12(19)20/h8H,2-7H2,1H3,(H,19,20)/t8-/m1/s1. The van der Waals surface area contributed by atoms with Crippen LogP contribution < -0.4 is 0 Å². The molecule has 1 fully saturated rings. The number of carboxylic acids is 1. The first-order valence-electron chi connectivity index (χ1n) is 6.76. The number of hydrogen-bond donors (Lipinski definition) is 1. The molecule has 0 amide bonds. The van der Waals surface area contributed by atoms with Crippen molar-refractivity contribution in [3.8, 4) is 0 Å². The molecule has 5 nitrogen and oxygen atoms in total. The summed E-state index contributed by atoms with van der Waals surface area (Å²) in [5.41, 5.74) is 1.76. The highest BCUT2D eigenvalue weighted by molar-refractivity contribution is 5.87. The predicted molar refractivity (Wildman–Crippen MR) is 66.8 cm³/mol. The number of carbonyl (C=O) groups is 1. The van der Waals surface area contributed by atoms with Crippen LogP contribution in [-0.2, 0) is 20.0 Å². The number of alkyl halides is 2. The Labute approximate surface area is 115 Å². The van der Waals surface area contributed by atoms with Crippen molar-refractivity contribution in [3.63, 3.8) is 0 Å². The highest BCUT2D eigenvalue weighted by Gasteiger charge is 2.56. The lowest BCUT2D eigenvalue weighted by Crippen LogP contribution is -2.32. The van der Waals surface area contributed by atoms with Gasteiger partial charge in [-0.05, 0) is 13.0 Å². The average molecular weight is 285 g/mol. The monoisotopic (exact) mass is 285 g/mol. The van der Waals surface area contributed by atoms with Gasteiger partial charge >= 0.3 is 5.97 Å². The number of aromatic carboxylic acids is 1. The van der Waals surface area contributed by atoms with E-state index >= 15 is 0 Å². The zero-order chi connectivity index (χ0) is 14.5. The fourth-order valence-electron chi connectivity index (χ4n) is 2.93. The first kappa shape index (κ1) is 13.5. The summed E-state index contributed by atoms with van der Waals surface area (Å²) in [6, 6.07) is 0. The topological polar surface area (TPSA) is 58.4 Å². The first-order valence-corrected chi connectivity index (χ1v) is 6.76. The molecule has 20 heavy (non-hydrogen) atoms. The molecule has 110 valence electrons. The van der Waals surface area contributed by atoms with Crippen LogP contribution in [0.5, 0.6) is 0 Å². The van der Waals surface area contributed by atoms with E-state index in [2.05, 4.69) is 5.10 Å². The van der Waals surface area contributed by atoms with Gasteiger partial charge in [-0.1, -0.05) is 0 Å². The van der Waals surface area contributed by atoms with Gasteiger partial charge in [-0.15, -0.1) is 0 Å². The minimum Gasteiger partial charge on any atom is -0.476 e. The molecule has 2 aliphatic rings. The summed E-state index contributed by atoms with van der Waals surface area (Å²) in [5, 5.41) is 13.2. The fourth-order valence-corrected chi connectivity index (χ4v) is 2.93. The number of hydrogen-bond acceptors (Lipinski definition) is 3. The Morgan fingerprint density at radius 2 is 2.25 bits per heavy atom. The van der Waals surface area contributed by atoms with Crippen molar-refractivity contribution in [1.29, 1.82) is 0 Å². The number of aryl methyl sites for hydroxylation is 1. The molecule has 1 saturated carbocycles. The second-order valence-electron chi connectivity index (χ2n) is 5.68. The first-order chi connectivity index (χ1) is 9.38. The van der Waals surface area contributed by atoms with Crippen molar-refractivity contribution < 1.29 is 18.7 Å². The number of fused-ring (bicyclic) bond motifs is 1. The van der Waals surface area contributed by atoms with E-state index in [1.807, 2.05) is 4.90 Å². The van der Waals surface area contributed by atoms with Crippen molar-refractivity contribution in [3.05, 3.63) is 17.0 Å². The van der Waals surface area contributed by atoms with Gasteiger partial charge in [-0.2, -0.15) is 5.10 Å². The van der Waals surface area contributed by atoms with Crippen LogP contribution in [0.4, 0.5) is 8.78 Å². The molecule has 1 N–H and O–H groups in total. The number of nitrogens with zero attached hydrogens (tertiary/aromatic N) is 3. The molecule has 7 heteroatoms. The molecule has 1 atom stereocenters. The van der Waals surface area contributed by atoms with Crippen molar-refractivity contribution >= 4 is 5.97 Å². The quantitative estimate of drug-likeness (QED) is 0.911. The van der Waals surface area contributed by atoms with Crippen molar-refractivity contribution in [1.82, 2.24) is 14.7 Å². The normalized spacial score (nSPS) is 24.4. The summed E-state index contributed by atoms with van der Waals surface area (Å²) in [4.78, 5) is 13.2. The van der Waals surface area contributed by atoms with Crippen LogP contribution >= 0.6 is 0 Å². The number of aromatic nitrogens is 2. The van der Waals surface area contributed by atoms with E-state index in [0.29, 0.717) is 25.9 Å². The third-order valence-corrected chi connectivity index (χ3v) is 4.27. The number of halogens is 2. The molecule has 1 aliphatic heterocycles. The second-order valence-corrected chi connectivity index (χ2v) is 5.68. The Morgan fingerprint density at radius 3 is 2.85 bits per heavy atom. The van der Waals surface area contributed by atoms with E-state index in [-0.39, 0.29) is 12.1 Å². The maximum atomic E-state index is 12.9. The second kappa shape index (κ2) is 4.51. The molecule has 2 heterocycles. The van der Waals surface area contributed by atoms with E-state index in [1.165, 1.54) is 0 Å². The lowest BCUT2D eigenvalue weighted by atomic mass is 10.0. The van der Waals surface area contributed by atoms with Crippen LogP contribution in [0.2, 0.25) is 0 Å². The zero-order valence-corrected chi connectivity index (χ0v) is 11.3. The van der Waals surface area contributed by atoms with E-state index in [4.69, 9.17) is 5.11 Å². The van der Waals surface area contributed by atoms with Gasteiger partial charge in [0.25, 0.3) is 5.92 Å². The molecule has 3 rings (SSSR count). The lowest BCUT2D eigenvalue weighted by Gasteiger charge is -2.27. The van der Waals surface area contributed by atoms with Gasteiger partial charge in [0.05, 0.1) is 0 Å². The van der Waals surface area contributed by atoms with Gasteiger partial charge in [-0.25, -0.2) is 13.6 Å². The maximum Gasteiger partial charge on any atom is 0.356 e. The van der Waals surface area contributed by atoms with Gasteiger partial charge in [-0.3, -0.25) is 9.58 Å². The molecule has 0 spiro atoms. The van der Waals surface area contributed by atoms with Crippen LogP contribution in [0.1, 0.15) is 34.6 Å². The largest absolute Gasteiger partial charge is 0.476 e. The summed E-state index contributed by atoms with van der Waals surface area (Å²) in [6.45, 7) is 1.85. The number of rotatable bonds is 4. The number of carboxylic acid groups (broad SMARTS) is 1. The van der Waals surface area contributed by atoms with Crippen LogP contribution in [0.15, 0.2) is 0 Å². The molecule has 0 bridgehead atoms. The van der Waals surface area contributed by atoms with Gasteiger partial charge in [0.2, 0.25) is 0 Å². The highest BCUT2D eigenvalue weighted by Crippen LogP contribution is 2.50. The zero-order valence-electron chi connectivity index (χ0n) is 11.3. The summed E-state index contributed by atoms with van der Waals surface area (Å²) < 4.78 is 27.3. The molecule has 0 unspecified atom stereocenters. The van der Waals surface area contributed by atoms with E-state index in [1.54, 1.807) is 11.7 Å². The minimum absolute atomic E-state index is 0.000636. The Hall–Kier alpha value is -1.50. The minimum atomic E-state index is -2.47. The summed E-state index contributed by atoms with van der Waals surface area (Å²) in [5.74, 6) is -3.99. The highest BCUT2D eigenvalue weighted by atomic mass is 19.3. The van der Waals surface area contributed by atoms with Gasteiger partial charge in [0, 0.05) is 50.2 Å². The predicted octanol–water partition coefficient (Wildman–Crippen LogP) is 1.52. The molecular formula is C13H17F2N3O2. The van der Waals surface area contributed by atoms with Crippen LogP contribution in [0.25, 0.3) is 0 Å². The molecular weight excluding hydrogens is 268 g/mol. The Kier molecular flexibility index (Phi) is 3.04. The summed E-state index contributed by atoms with van der Waals surface area (Å²) in [6.07, 6.45) is 1.19. The van der Waals surface area contributed by atoms with E-state index < -0.39 is 17.8 Å². The summed E-state index contributed by atoms with van der Waals surface area (Å²) >= 11 is 0. The van der Waals surface area contributed by atoms with Crippen LogP contribution in [-0.4, -0.2) is 44.8 Å². The van der Waals surface area contributed by atoms with Crippen molar-refractivity contribution in [2.24, 2.45) is 13.0 Å². The van der Waals surface area contributed by atoms with Crippen molar-refractivity contribution in [2.45, 2.75) is 31.7 Å². The Morgan fingerprint density at radius 1 is 1.55 bits per heavy atom. The molecule has 1 aromatic heterocycles. The third-order valence-electron chi connectivity index (χ3n) is 4.27. The van der Waals surface area contributed by atoms with E-state index in [0.717, 1.165) is 17.8 Å². The molecule has 1 aliphatic carbocycles. The molecule has 0 saturated heterocycles. The Balaban J connectivity index is 1.67. The van der Waals surface area contributed by atoms with Crippen LogP contribution in [0.3, 0.4) is 0 Å². The molecule has 1 aromatic rings. The molecule has 0 radical (unpaired) electrons. The Bertz CT molecular complexity index is 556. The smallest absolute Gasteiger partial charge is 0.356 e. The van der Waals surface area contributed by atoms with E-state index in [9.17, 15) is 13.6 Å². The lowest BCUT2D eigenvalue weighted by molar-refractivity contribution is 0.0687. The average Bonchev–Trinajstić information content (AvgIpc) is 2.85. The maximum absolute atomic E-state index is 12.9. The van der Waals surface area contributed by atoms with Crippen molar-refractivity contribution in [2.75, 3.05) is 13.1 Å². The third kappa shape index (κ3) is 2.30. The van der Waals surface area contributed by atoms with Crippen LogP contribution in [0, 0.1) is 5.92 Å². The fraction of sp³-hybridized carbons (Fsp3) is 0.692. The van der Waals surface area contributed by atoms with Gasteiger partial charge in [0.15, 0.2) is 5.69 Å². The SMILES string of the molecule is Cn1nc(C(=O)O)c2c1CCN(CC[C@@H]1CC1(F)F)C2. The van der Waals surface area contributed by atoms with Gasteiger partial charge < -0.3 is 5.11 Å².